The summed E-state index contributed by atoms with van der Waals surface area (Å²) in [6, 6.07) is 18.3. The highest BCUT2D eigenvalue weighted by atomic mass is 16.1. The normalized spacial score (nSPS) is 10.7. The van der Waals surface area contributed by atoms with E-state index in [9.17, 15) is 4.79 Å². The van der Waals surface area contributed by atoms with E-state index in [4.69, 9.17) is 0 Å². The molecule has 0 aromatic heterocycles. The second-order valence-corrected chi connectivity index (χ2v) is 6.06. The Balaban J connectivity index is 1.92. The van der Waals surface area contributed by atoms with Gasteiger partial charge in [-0.3, -0.25) is 4.79 Å². The smallest absolute Gasteiger partial charge is 0.251 e. The summed E-state index contributed by atoms with van der Waals surface area (Å²) in [5, 5.41) is 3.03. The number of carbonyl (C=O) groups excluding carboxylic acids is 1. The van der Waals surface area contributed by atoms with Crippen molar-refractivity contribution in [3.63, 3.8) is 0 Å². The van der Waals surface area contributed by atoms with Gasteiger partial charge in [-0.1, -0.05) is 48.5 Å². The average Bonchev–Trinajstić information content (AvgIpc) is 2.58. The molecular weight excluding hydrogens is 284 g/mol. The van der Waals surface area contributed by atoms with Crippen LogP contribution in [0.3, 0.4) is 0 Å². The lowest BCUT2D eigenvalue weighted by Crippen LogP contribution is -2.28. The molecule has 23 heavy (non-hydrogen) atoms. The van der Waals surface area contributed by atoms with E-state index >= 15 is 0 Å². The molecule has 0 unspecified atom stereocenters. The van der Waals surface area contributed by atoms with Crippen molar-refractivity contribution < 1.29 is 4.79 Å². The van der Waals surface area contributed by atoms with Crippen molar-refractivity contribution >= 4 is 5.91 Å². The minimum absolute atomic E-state index is 0.0346. The number of benzene rings is 2. The lowest BCUT2D eigenvalue weighted by Gasteiger charge is -2.12. The molecule has 3 nitrogen and oxygen atoms in total. The molecule has 0 spiro atoms. The molecule has 1 amide bonds. The van der Waals surface area contributed by atoms with Crippen LogP contribution in [0, 0.1) is 0 Å². The van der Waals surface area contributed by atoms with Crippen molar-refractivity contribution in [3.05, 3.63) is 71.3 Å². The van der Waals surface area contributed by atoms with Crippen LogP contribution in [0.2, 0.25) is 0 Å². The summed E-state index contributed by atoms with van der Waals surface area (Å²) in [5.41, 5.74) is 3.21. The van der Waals surface area contributed by atoms with Crippen LogP contribution < -0.4 is 5.32 Å². The molecule has 2 aromatic carbocycles. The van der Waals surface area contributed by atoms with Gasteiger partial charge in [-0.05, 0) is 57.1 Å². The highest BCUT2D eigenvalue weighted by molar-refractivity contribution is 5.95. The number of amides is 1. The van der Waals surface area contributed by atoms with E-state index in [-0.39, 0.29) is 5.91 Å². The van der Waals surface area contributed by atoms with Crippen LogP contribution in [0.4, 0.5) is 0 Å². The third-order valence-corrected chi connectivity index (χ3v) is 3.86. The summed E-state index contributed by atoms with van der Waals surface area (Å²) in [6.45, 7) is 1.69. The SMILES string of the molecule is CN(C)CCCNC(=O)c1ccccc1CCc1ccccc1. The van der Waals surface area contributed by atoms with Gasteiger partial charge in [0, 0.05) is 12.1 Å². The first kappa shape index (κ1) is 17.2. The van der Waals surface area contributed by atoms with Gasteiger partial charge < -0.3 is 10.2 Å². The Morgan fingerprint density at radius 1 is 0.957 bits per heavy atom. The summed E-state index contributed by atoms with van der Waals surface area (Å²) in [7, 11) is 4.08. The van der Waals surface area contributed by atoms with Crippen molar-refractivity contribution in [1.82, 2.24) is 10.2 Å². The Morgan fingerprint density at radius 2 is 1.65 bits per heavy atom. The largest absolute Gasteiger partial charge is 0.352 e. The Kier molecular flexibility index (Phi) is 6.82. The minimum Gasteiger partial charge on any atom is -0.352 e. The van der Waals surface area contributed by atoms with Gasteiger partial charge in [-0.25, -0.2) is 0 Å². The van der Waals surface area contributed by atoms with E-state index in [1.54, 1.807) is 0 Å². The zero-order chi connectivity index (χ0) is 16.5. The molecule has 0 heterocycles. The molecule has 2 rings (SSSR count). The fraction of sp³-hybridized carbons (Fsp3) is 0.350. The monoisotopic (exact) mass is 310 g/mol. The minimum atomic E-state index is 0.0346. The van der Waals surface area contributed by atoms with Gasteiger partial charge in [0.05, 0.1) is 0 Å². The Hall–Kier alpha value is -2.13. The molecule has 3 heteroatoms. The molecule has 0 bridgehead atoms. The molecule has 0 aliphatic heterocycles. The van der Waals surface area contributed by atoms with Crippen molar-refractivity contribution in [2.75, 3.05) is 27.2 Å². The third-order valence-electron chi connectivity index (χ3n) is 3.86. The molecule has 0 saturated carbocycles. The van der Waals surface area contributed by atoms with Gasteiger partial charge in [0.15, 0.2) is 0 Å². The first-order valence-corrected chi connectivity index (χ1v) is 8.21. The quantitative estimate of drug-likeness (QED) is 0.760. The van der Waals surface area contributed by atoms with E-state index in [0.717, 1.165) is 36.9 Å². The van der Waals surface area contributed by atoms with Crippen LogP contribution in [0.5, 0.6) is 0 Å². The number of hydrogen-bond acceptors (Lipinski definition) is 2. The molecule has 0 fully saturated rings. The van der Waals surface area contributed by atoms with Crippen molar-refractivity contribution in [2.45, 2.75) is 19.3 Å². The van der Waals surface area contributed by atoms with E-state index < -0.39 is 0 Å². The summed E-state index contributed by atoms with van der Waals surface area (Å²) in [4.78, 5) is 14.5. The number of rotatable bonds is 8. The standard InChI is InChI=1S/C20H26N2O/c1-22(2)16-8-15-21-20(23)19-12-7-6-11-18(19)14-13-17-9-4-3-5-10-17/h3-7,9-12H,8,13-16H2,1-2H3,(H,21,23). The molecule has 0 aliphatic carbocycles. The first-order chi connectivity index (χ1) is 11.2. The fourth-order valence-electron chi connectivity index (χ4n) is 2.58. The van der Waals surface area contributed by atoms with Crippen molar-refractivity contribution in [2.24, 2.45) is 0 Å². The number of nitrogens with one attached hydrogen (secondary N) is 1. The predicted molar refractivity (Wildman–Crippen MR) is 95.8 cm³/mol. The molecule has 2 aromatic rings. The molecule has 0 aliphatic rings. The van der Waals surface area contributed by atoms with Gasteiger partial charge >= 0.3 is 0 Å². The van der Waals surface area contributed by atoms with E-state index in [2.05, 4.69) is 40.5 Å². The predicted octanol–water partition coefficient (Wildman–Crippen LogP) is 3.15. The maximum atomic E-state index is 12.4. The van der Waals surface area contributed by atoms with Crippen molar-refractivity contribution in [3.8, 4) is 0 Å². The number of aryl methyl sites for hydroxylation is 2. The van der Waals surface area contributed by atoms with Crippen LogP contribution in [-0.2, 0) is 12.8 Å². The summed E-state index contributed by atoms with van der Waals surface area (Å²) in [5.74, 6) is 0.0346. The number of hydrogen-bond donors (Lipinski definition) is 1. The fourth-order valence-corrected chi connectivity index (χ4v) is 2.58. The van der Waals surface area contributed by atoms with Crippen LogP contribution in [0.25, 0.3) is 0 Å². The number of carbonyl (C=O) groups is 1. The van der Waals surface area contributed by atoms with Crippen LogP contribution in [0.1, 0.15) is 27.9 Å². The Labute approximate surface area is 139 Å². The molecular formula is C20H26N2O. The molecule has 0 radical (unpaired) electrons. The van der Waals surface area contributed by atoms with E-state index in [0.29, 0.717) is 6.54 Å². The summed E-state index contributed by atoms with van der Waals surface area (Å²) in [6.07, 6.45) is 2.79. The first-order valence-electron chi connectivity index (χ1n) is 8.21. The van der Waals surface area contributed by atoms with Crippen molar-refractivity contribution in [1.29, 1.82) is 0 Å². The summed E-state index contributed by atoms with van der Waals surface area (Å²) < 4.78 is 0. The van der Waals surface area contributed by atoms with Gasteiger partial charge in [-0.15, -0.1) is 0 Å². The maximum Gasteiger partial charge on any atom is 0.251 e. The zero-order valence-electron chi connectivity index (χ0n) is 14.1. The molecule has 1 N–H and O–H groups in total. The average molecular weight is 310 g/mol. The van der Waals surface area contributed by atoms with Crippen LogP contribution in [-0.4, -0.2) is 38.0 Å². The second-order valence-electron chi connectivity index (χ2n) is 6.06. The lowest BCUT2D eigenvalue weighted by molar-refractivity contribution is 0.0951. The van der Waals surface area contributed by atoms with Gasteiger partial charge in [-0.2, -0.15) is 0 Å². The maximum absolute atomic E-state index is 12.4. The van der Waals surface area contributed by atoms with Gasteiger partial charge in [0.1, 0.15) is 0 Å². The summed E-state index contributed by atoms with van der Waals surface area (Å²) >= 11 is 0. The number of nitrogens with zero attached hydrogens (tertiary/aromatic N) is 1. The highest BCUT2D eigenvalue weighted by Gasteiger charge is 2.10. The van der Waals surface area contributed by atoms with Gasteiger partial charge in [0.2, 0.25) is 0 Å². The zero-order valence-corrected chi connectivity index (χ0v) is 14.1. The molecule has 0 atom stereocenters. The van der Waals surface area contributed by atoms with E-state index in [1.807, 2.05) is 38.4 Å². The van der Waals surface area contributed by atoms with E-state index in [1.165, 1.54) is 5.56 Å². The highest BCUT2D eigenvalue weighted by Crippen LogP contribution is 2.12. The molecule has 0 saturated heterocycles. The van der Waals surface area contributed by atoms with Gasteiger partial charge in [0.25, 0.3) is 5.91 Å². The molecule has 122 valence electrons. The third kappa shape index (κ3) is 5.87. The Bertz CT molecular complexity index is 608. The Morgan fingerprint density at radius 3 is 2.39 bits per heavy atom. The second kappa shape index (κ2) is 9.11. The lowest BCUT2D eigenvalue weighted by atomic mass is 9.99. The van der Waals surface area contributed by atoms with Crippen LogP contribution >= 0.6 is 0 Å². The topological polar surface area (TPSA) is 32.3 Å². The van der Waals surface area contributed by atoms with Crippen LogP contribution in [0.15, 0.2) is 54.6 Å².